The third kappa shape index (κ3) is 4.31. The van der Waals surface area contributed by atoms with Gasteiger partial charge in [0.25, 0.3) is 17.3 Å². The molecule has 0 spiro atoms. The minimum absolute atomic E-state index is 0.0687. The minimum Gasteiger partial charge on any atom is -0.465 e. The molecule has 5 rings (SSSR count). The van der Waals surface area contributed by atoms with Gasteiger partial charge in [-0.3, -0.25) is 9.59 Å². The van der Waals surface area contributed by atoms with Crippen LogP contribution in [-0.2, 0) is 22.5 Å². The Morgan fingerprint density at radius 1 is 1.26 bits per heavy atom. The monoisotopic (exact) mass is 468 g/mol. The summed E-state index contributed by atoms with van der Waals surface area (Å²) >= 11 is 0. The highest BCUT2D eigenvalue weighted by molar-refractivity contribution is 5.93. The molecule has 0 bridgehead atoms. The van der Waals surface area contributed by atoms with Gasteiger partial charge in [0.15, 0.2) is 18.2 Å². The molecule has 1 fully saturated rings. The number of carbonyl (C=O) groups is 1. The second-order valence-electron chi connectivity index (χ2n) is 8.19. The largest absolute Gasteiger partial charge is 0.465 e. The summed E-state index contributed by atoms with van der Waals surface area (Å²) in [4.78, 5) is 34.3. The molecule has 34 heavy (non-hydrogen) atoms. The molecule has 0 saturated carbocycles. The van der Waals surface area contributed by atoms with E-state index in [-0.39, 0.29) is 30.0 Å². The van der Waals surface area contributed by atoms with Crippen molar-refractivity contribution >= 4 is 28.4 Å². The highest BCUT2D eigenvalue weighted by Crippen LogP contribution is 2.26. The molecule has 2 aliphatic heterocycles. The first-order valence-electron chi connectivity index (χ1n) is 11.2. The zero-order chi connectivity index (χ0) is 23.7. The van der Waals surface area contributed by atoms with Gasteiger partial charge in [-0.05, 0) is 43.5 Å². The maximum absolute atomic E-state index is 14.7. The summed E-state index contributed by atoms with van der Waals surface area (Å²) in [5.41, 5.74) is 1.06. The SMILES string of the molecule is CCn1c(=O)ccc2ccc(F)c(CCNC[C@H]3CN(c4cnc5c(n4)NC(=O)CO5)CO3)c21. The van der Waals surface area contributed by atoms with Gasteiger partial charge in [-0.15, -0.1) is 0 Å². The first-order valence-corrected chi connectivity index (χ1v) is 11.2. The van der Waals surface area contributed by atoms with Crippen molar-refractivity contribution in [3.63, 3.8) is 0 Å². The fourth-order valence-electron chi connectivity index (χ4n) is 4.31. The van der Waals surface area contributed by atoms with E-state index in [2.05, 4.69) is 20.6 Å². The summed E-state index contributed by atoms with van der Waals surface area (Å²) in [6, 6.07) is 6.41. The molecular formula is C23H25FN6O4. The number of halogens is 1. The Morgan fingerprint density at radius 2 is 2.12 bits per heavy atom. The molecular weight excluding hydrogens is 443 g/mol. The Labute approximate surface area is 194 Å². The highest BCUT2D eigenvalue weighted by atomic mass is 19.1. The Hall–Kier alpha value is -3.57. The van der Waals surface area contributed by atoms with Crippen LogP contribution in [0.25, 0.3) is 10.9 Å². The molecule has 2 N–H and O–H groups in total. The lowest BCUT2D eigenvalue weighted by atomic mass is 10.1. The van der Waals surface area contributed by atoms with Crippen molar-refractivity contribution in [2.45, 2.75) is 26.0 Å². The van der Waals surface area contributed by atoms with Crippen molar-refractivity contribution in [3.05, 3.63) is 52.2 Å². The average molecular weight is 468 g/mol. The Bertz CT molecular complexity index is 1300. The molecule has 2 aromatic heterocycles. The van der Waals surface area contributed by atoms with E-state index >= 15 is 0 Å². The standard InChI is InChI=1S/C23H25FN6O4/c1-2-30-20(32)6-4-14-3-5-17(24)16(21(14)30)7-8-25-9-15-11-29(13-34-15)18-10-26-23-22(27-18)28-19(31)12-33-23/h3-6,10,15,25H,2,7-9,11-13H2,1H3,(H,27,28,31)/t15-/m0/s1. The van der Waals surface area contributed by atoms with Gasteiger partial charge < -0.3 is 29.6 Å². The van der Waals surface area contributed by atoms with Crippen molar-refractivity contribution in [1.29, 1.82) is 0 Å². The van der Waals surface area contributed by atoms with E-state index in [4.69, 9.17) is 9.47 Å². The van der Waals surface area contributed by atoms with Crippen molar-refractivity contribution in [1.82, 2.24) is 19.9 Å². The number of carbonyl (C=O) groups excluding carboxylic acids is 1. The van der Waals surface area contributed by atoms with E-state index in [1.807, 2.05) is 11.8 Å². The van der Waals surface area contributed by atoms with Crippen LogP contribution in [0.15, 0.2) is 35.3 Å². The maximum atomic E-state index is 14.7. The number of hydrogen-bond donors (Lipinski definition) is 2. The second kappa shape index (κ2) is 9.35. The van der Waals surface area contributed by atoms with Crippen molar-refractivity contribution < 1.29 is 18.7 Å². The Kier molecular flexibility index (Phi) is 6.12. The number of nitrogens with one attached hydrogen (secondary N) is 2. The van der Waals surface area contributed by atoms with Crippen LogP contribution >= 0.6 is 0 Å². The van der Waals surface area contributed by atoms with E-state index in [1.54, 1.807) is 22.9 Å². The number of pyridine rings is 1. The predicted molar refractivity (Wildman–Crippen MR) is 124 cm³/mol. The highest BCUT2D eigenvalue weighted by Gasteiger charge is 2.26. The molecule has 1 aromatic carbocycles. The molecule has 4 heterocycles. The molecule has 11 heteroatoms. The van der Waals surface area contributed by atoms with Crippen LogP contribution < -0.4 is 25.8 Å². The third-order valence-electron chi connectivity index (χ3n) is 5.98. The molecule has 2 aliphatic rings. The number of fused-ring (bicyclic) bond motifs is 2. The quantitative estimate of drug-likeness (QED) is 0.499. The summed E-state index contributed by atoms with van der Waals surface area (Å²) in [7, 11) is 0. The van der Waals surface area contributed by atoms with Gasteiger partial charge in [0, 0.05) is 31.3 Å². The molecule has 0 radical (unpaired) electrons. The van der Waals surface area contributed by atoms with Gasteiger partial charge >= 0.3 is 0 Å². The van der Waals surface area contributed by atoms with Gasteiger partial charge in [0.2, 0.25) is 0 Å². The first kappa shape index (κ1) is 22.2. The Balaban J connectivity index is 1.19. The number of aromatic nitrogens is 3. The van der Waals surface area contributed by atoms with Gasteiger partial charge in [0.1, 0.15) is 12.5 Å². The molecule has 178 valence electrons. The normalized spacial score (nSPS) is 17.5. The van der Waals surface area contributed by atoms with Crippen LogP contribution in [0.5, 0.6) is 5.88 Å². The van der Waals surface area contributed by atoms with Gasteiger partial charge in [-0.1, -0.05) is 0 Å². The van der Waals surface area contributed by atoms with Crippen LogP contribution in [0, 0.1) is 5.82 Å². The number of benzene rings is 1. The van der Waals surface area contributed by atoms with Gasteiger partial charge in [0.05, 0.1) is 17.8 Å². The van der Waals surface area contributed by atoms with E-state index in [0.717, 1.165) is 5.39 Å². The van der Waals surface area contributed by atoms with Gasteiger partial charge in [-0.25, -0.2) is 14.4 Å². The fourth-order valence-corrected chi connectivity index (χ4v) is 4.31. The Morgan fingerprint density at radius 3 is 2.97 bits per heavy atom. The first-order chi connectivity index (χ1) is 16.5. The molecule has 1 atom stereocenters. The van der Waals surface area contributed by atoms with Crippen LogP contribution in [0.2, 0.25) is 0 Å². The van der Waals surface area contributed by atoms with Crippen LogP contribution in [-0.4, -0.2) is 59.5 Å². The number of ether oxygens (including phenoxy) is 2. The number of nitrogens with zero attached hydrogens (tertiary/aromatic N) is 4. The van der Waals surface area contributed by atoms with E-state index < -0.39 is 0 Å². The lowest BCUT2D eigenvalue weighted by molar-refractivity contribution is -0.118. The summed E-state index contributed by atoms with van der Waals surface area (Å²) in [5, 5.41) is 6.83. The van der Waals surface area contributed by atoms with E-state index in [0.29, 0.717) is 67.9 Å². The summed E-state index contributed by atoms with van der Waals surface area (Å²) < 4.78 is 27.3. The maximum Gasteiger partial charge on any atom is 0.263 e. The summed E-state index contributed by atoms with van der Waals surface area (Å²) in [6.45, 7) is 4.33. The number of amides is 1. The lowest BCUT2D eigenvalue weighted by Gasteiger charge is -2.19. The topological polar surface area (TPSA) is 111 Å². The molecule has 10 nitrogen and oxygen atoms in total. The molecule has 3 aromatic rings. The van der Waals surface area contributed by atoms with Crippen molar-refractivity contribution in [3.8, 4) is 5.88 Å². The zero-order valence-electron chi connectivity index (χ0n) is 18.7. The molecule has 0 aliphatic carbocycles. The third-order valence-corrected chi connectivity index (χ3v) is 5.98. The minimum atomic E-state index is -0.313. The van der Waals surface area contributed by atoms with Crippen molar-refractivity contribution in [2.24, 2.45) is 0 Å². The molecule has 1 amide bonds. The predicted octanol–water partition coefficient (Wildman–Crippen LogP) is 1.28. The summed E-state index contributed by atoms with van der Waals surface area (Å²) in [6.07, 6.45) is 1.94. The second-order valence-corrected chi connectivity index (χ2v) is 8.19. The molecule has 1 saturated heterocycles. The van der Waals surface area contributed by atoms with E-state index in [1.165, 1.54) is 12.1 Å². The van der Waals surface area contributed by atoms with Crippen LogP contribution in [0.1, 0.15) is 12.5 Å². The number of rotatable bonds is 7. The number of anilines is 2. The molecule has 0 unspecified atom stereocenters. The fraction of sp³-hybridized carbons (Fsp3) is 0.391. The number of hydrogen-bond acceptors (Lipinski definition) is 8. The van der Waals surface area contributed by atoms with Crippen LogP contribution in [0.4, 0.5) is 16.0 Å². The van der Waals surface area contributed by atoms with Crippen LogP contribution in [0.3, 0.4) is 0 Å². The zero-order valence-corrected chi connectivity index (χ0v) is 18.7. The summed E-state index contributed by atoms with van der Waals surface area (Å²) in [5.74, 6) is 0.612. The average Bonchev–Trinajstić information content (AvgIpc) is 3.31. The van der Waals surface area contributed by atoms with Crippen molar-refractivity contribution in [2.75, 3.05) is 43.2 Å². The number of aryl methyl sites for hydroxylation is 1. The lowest BCUT2D eigenvalue weighted by Crippen LogP contribution is -2.32. The smallest absolute Gasteiger partial charge is 0.263 e. The van der Waals surface area contributed by atoms with E-state index in [9.17, 15) is 14.0 Å². The van der Waals surface area contributed by atoms with Gasteiger partial charge in [-0.2, -0.15) is 0 Å².